The maximum Gasteiger partial charge on any atom is 0.312 e. The normalized spacial score (nSPS) is 11.9. The van der Waals surface area contributed by atoms with Crippen molar-refractivity contribution in [3.05, 3.63) is 35.1 Å². The van der Waals surface area contributed by atoms with Gasteiger partial charge in [-0.1, -0.05) is 53.5 Å². The van der Waals surface area contributed by atoms with Crippen LogP contribution in [0, 0.1) is 17.3 Å². The first kappa shape index (κ1) is 28.9. The molecule has 6 heteroatoms. The molecule has 0 radical (unpaired) electrons. The molecule has 1 aromatic rings. The molecule has 0 atom stereocenters. The van der Waals surface area contributed by atoms with Gasteiger partial charge < -0.3 is 10.2 Å². The van der Waals surface area contributed by atoms with Gasteiger partial charge in [0.25, 0.3) is 0 Å². The minimum Gasteiger partial charge on any atom is -0.347 e. The molecule has 0 aliphatic carbocycles. The molecule has 1 N–H and O–H groups in total. The van der Waals surface area contributed by atoms with E-state index in [1.807, 2.05) is 33.8 Å². The fourth-order valence-electron chi connectivity index (χ4n) is 5.10. The lowest BCUT2D eigenvalue weighted by molar-refractivity contribution is -0.148. The van der Waals surface area contributed by atoms with E-state index in [9.17, 15) is 14.0 Å². The van der Waals surface area contributed by atoms with Gasteiger partial charge in [-0.2, -0.15) is 0 Å². The van der Waals surface area contributed by atoms with Crippen molar-refractivity contribution in [1.29, 1.82) is 0 Å². The van der Waals surface area contributed by atoms with Crippen LogP contribution in [0.1, 0.15) is 80.4 Å². The Morgan fingerprint density at radius 3 is 1.91 bits per heavy atom. The number of amides is 2. The molecule has 0 saturated heterocycles. The summed E-state index contributed by atoms with van der Waals surface area (Å²) in [5.74, 6) is 1.78. The van der Waals surface area contributed by atoms with Crippen molar-refractivity contribution in [3.63, 3.8) is 0 Å². The molecule has 0 spiro atoms. The highest BCUT2D eigenvalue weighted by atomic mass is 28.3. The molecule has 0 unspecified atom stereocenters. The summed E-state index contributed by atoms with van der Waals surface area (Å²) in [5, 5.41) is 2.67. The summed E-state index contributed by atoms with van der Waals surface area (Å²) in [5.41, 5.74) is 6.25. The highest BCUT2D eigenvalue weighted by Gasteiger charge is 2.41. The third-order valence-corrected chi connectivity index (χ3v) is 12.9. The van der Waals surface area contributed by atoms with Crippen LogP contribution in [0.4, 0.5) is 4.39 Å². The molecule has 2 amide bonds. The van der Waals surface area contributed by atoms with Crippen molar-refractivity contribution in [2.45, 2.75) is 104 Å². The Balaban J connectivity index is 3.11. The largest absolute Gasteiger partial charge is 0.347 e. The Labute approximate surface area is 201 Å². The van der Waals surface area contributed by atoms with Crippen LogP contribution in [-0.4, -0.2) is 43.4 Å². The zero-order valence-corrected chi connectivity index (χ0v) is 23.2. The monoisotopic (exact) mass is 474 g/mol. The topological polar surface area (TPSA) is 49.4 Å². The fraction of sp³-hybridized carbons (Fsp3) is 0.630. The Morgan fingerprint density at radius 2 is 1.45 bits per heavy atom. The van der Waals surface area contributed by atoms with Gasteiger partial charge in [0.05, 0.1) is 0 Å². The van der Waals surface area contributed by atoms with Crippen LogP contribution in [0.2, 0.25) is 16.6 Å². The quantitative estimate of drug-likeness (QED) is 0.298. The van der Waals surface area contributed by atoms with Crippen molar-refractivity contribution in [3.8, 4) is 11.5 Å². The molecule has 184 valence electrons. The van der Waals surface area contributed by atoms with E-state index in [1.54, 1.807) is 11.0 Å². The number of nitrogens with one attached hydrogen (secondary N) is 1. The van der Waals surface area contributed by atoms with E-state index < -0.39 is 19.9 Å². The van der Waals surface area contributed by atoms with E-state index in [0.717, 1.165) is 0 Å². The second-order valence-corrected chi connectivity index (χ2v) is 15.9. The maximum atomic E-state index is 14.7. The SMILES string of the molecule is CC(C)N(C(=O)C(=O)NCCc1c(F)cccc1C#C[Si](C(C)C)(C(C)C)C(C)C)C(C)C. The number of hydrogen-bond acceptors (Lipinski definition) is 2. The lowest BCUT2D eigenvalue weighted by Crippen LogP contribution is -2.49. The minimum atomic E-state index is -1.95. The Hall–Kier alpha value is -2.13. The number of nitrogens with zero attached hydrogens (tertiary/aromatic N) is 1. The van der Waals surface area contributed by atoms with Crippen LogP contribution in [0.5, 0.6) is 0 Å². The zero-order chi connectivity index (χ0) is 25.5. The van der Waals surface area contributed by atoms with Crippen LogP contribution < -0.4 is 5.32 Å². The van der Waals surface area contributed by atoms with E-state index in [0.29, 0.717) is 27.8 Å². The highest BCUT2D eigenvalue weighted by molar-refractivity contribution is 6.90. The smallest absolute Gasteiger partial charge is 0.312 e. The van der Waals surface area contributed by atoms with Crippen molar-refractivity contribution in [1.82, 2.24) is 10.2 Å². The molecule has 33 heavy (non-hydrogen) atoms. The lowest BCUT2D eigenvalue weighted by atomic mass is 10.0. The average Bonchev–Trinajstić information content (AvgIpc) is 2.68. The Kier molecular flexibility index (Phi) is 10.8. The van der Waals surface area contributed by atoms with Crippen LogP contribution in [0.25, 0.3) is 0 Å². The summed E-state index contributed by atoms with van der Waals surface area (Å²) < 4.78 is 14.7. The summed E-state index contributed by atoms with van der Waals surface area (Å²) in [7, 11) is -1.95. The molecule has 1 rings (SSSR count). The van der Waals surface area contributed by atoms with Crippen molar-refractivity contribution in [2.24, 2.45) is 0 Å². The van der Waals surface area contributed by atoms with Crippen molar-refractivity contribution >= 4 is 19.9 Å². The number of benzene rings is 1. The Morgan fingerprint density at radius 1 is 0.939 bits per heavy atom. The Bertz CT molecular complexity index is 852. The average molecular weight is 475 g/mol. The van der Waals surface area contributed by atoms with E-state index in [4.69, 9.17) is 0 Å². The van der Waals surface area contributed by atoms with E-state index in [2.05, 4.69) is 58.3 Å². The molecule has 0 saturated carbocycles. The molecule has 0 aliphatic rings. The van der Waals surface area contributed by atoms with Crippen LogP contribution in [0.3, 0.4) is 0 Å². The number of rotatable bonds is 8. The first-order chi connectivity index (χ1) is 15.3. The van der Waals surface area contributed by atoms with Gasteiger partial charge in [-0.05, 0) is 62.9 Å². The highest BCUT2D eigenvalue weighted by Crippen LogP contribution is 2.40. The number of carbonyl (C=O) groups is 2. The van der Waals surface area contributed by atoms with Gasteiger partial charge in [-0.15, -0.1) is 5.54 Å². The summed E-state index contributed by atoms with van der Waals surface area (Å²) in [6, 6.07) is 4.79. The molecule has 0 heterocycles. The predicted molar refractivity (Wildman–Crippen MR) is 138 cm³/mol. The van der Waals surface area contributed by atoms with Crippen molar-refractivity contribution < 1.29 is 14.0 Å². The van der Waals surface area contributed by atoms with Gasteiger partial charge in [-0.25, -0.2) is 4.39 Å². The fourth-order valence-corrected chi connectivity index (χ4v) is 10.3. The van der Waals surface area contributed by atoms with Gasteiger partial charge in [-0.3, -0.25) is 9.59 Å². The molecular formula is C27H43FN2O2Si. The standard InChI is InChI=1S/C27H43FN2O2Si/c1-18(2)30(19(3)4)27(32)26(31)29-16-14-24-23(12-11-13-25(24)28)15-17-33(20(5)6,21(7)8)22(9)10/h11-13,18-22H,14,16H2,1-10H3,(H,29,31). The maximum absolute atomic E-state index is 14.7. The molecule has 0 aliphatic heterocycles. The number of halogens is 1. The van der Waals surface area contributed by atoms with Gasteiger partial charge >= 0.3 is 11.8 Å². The second kappa shape index (κ2) is 12.4. The molecule has 0 bridgehead atoms. The van der Waals surface area contributed by atoms with E-state index >= 15 is 0 Å². The minimum absolute atomic E-state index is 0.0796. The zero-order valence-electron chi connectivity index (χ0n) is 22.2. The van der Waals surface area contributed by atoms with Gasteiger partial charge in [0.15, 0.2) is 0 Å². The van der Waals surface area contributed by atoms with Crippen LogP contribution in [-0.2, 0) is 16.0 Å². The first-order valence-electron chi connectivity index (χ1n) is 12.2. The van der Waals surface area contributed by atoms with Gasteiger partial charge in [0.1, 0.15) is 13.9 Å². The summed E-state index contributed by atoms with van der Waals surface area (Å²) in [6.45, 7) is 21.2. The molecule has 0 aromatic heterocycles. The molecular weight excluding hydrogens is 431 g/mol. The molecule has 4 nitrogen and oxygen atoms in total. The molecule has 1 aromatic carbocycles. The second-order valence-electron chi connectivity index (χ2n) is 10.3. The number of hydrogen-bond donors (Lipinski definition) is 1. The van der Waals surface area contributed by atoms with Crippen LogP contribution >= 0.6 is 0 Å². The first-order valence-corrected chi connectivity index (χ1v) is 14.4. The predicted octanol–water partition coefficient (Wildman–Crippen LogP) is 5.70. The summed E-state index contributed by atoms with van der Waals surface area (Å²) in [6.07, 6.45) is 0.276. The third kappa shape index (κ3) is 6.93. The molecule has 0 fully saturated rings. The van der Waals surface area contributed by atoms with Gasteiger partial charge in [0.2, 0.25) is 0 Å². The van der Waals surface area contributed by atoms with Crippen LogP contribution in [0.15, 0.2) is 18.2 Å². The van der Waals surface area contributed by atoms with E-state index in [1.165, 1.54) is 6.07 Å². The van der Waals surface area contributed by atoms with E-state index in [-0.39, 0.29) is 30.9 Å². The lowest BCUT2D eigenvalue weighted by Gasteiger charge is -2.38. The third-order valence-electron chi connectivity index (χ3n) is 6.60. The van der Waals surface area contributed by atoms with Gasteiger partial charge in [0, 0.05) is 29.8 Å². The van der Waals surface area contributed by atoms with Crippen molar-refractivity contribution in [2.75, 3.05) is 6.54 Å². The number of carbonyl (C=O) groups excluding carboxylic acids is 2. The summed E-state index contributed by atoms with van der Waals surface area (Å²) in [4.78, 5) is 26.5. The summed E-state index contributed by atoms with van der Waals surface area (Å²) >= 11 is 0.